The normalized spacial score (nSPS) is 10.9. The molecule has 0 aliphatic carbocycles. The number of ether oxygens (including phenoxy) is 1. The van der Waals surface area contributed by atoms with Crippen molar-refractivity contribution in [2.45, 2.75) is 6.42 Å². The number of thiophene rings is 1. The molecule has 0 fully saturated rings. The van der Waals surface area contributed by atoms with Crippen LogP contribution in [0, 0.1) is 0 Å². The summed E-state index contributed by atoms with van der Waals surface area (Å²) in [5.74, 6) is 0.915. The van der Waals surface area contributed by atoms with Gasteiger partial charge in [0.25, 0.3) is 0 Å². The molecular weight excluding hydrogens is 398 g/mol. The van der Waals surface area contributed by atoms with Crippen LogP contribution in [0.3, 0.4) is 0 Å². The van der Waals surface area contributed by atoms with E-state index >= 15 is 0 Å². The number of halogens is 1. The molecule has 0 spiro atoms. The highest BCUT2D eigenvalue weighted by atomic mass is 35.5. The summed E-state index contributed by atoms with van der Waals surface area (Å²) in [7, 11) is 0. The molecule has 1 aromatic carbocycles. The second-order valence-electron chi connectivity index (χ2n) is 5.90. The van der Waals surface area contributed by atoms with Crippen LogP contribution < -0.4 is 10.1 Å². The van der Waals surface area contributed by atoms with E-state index in [0.29, 0.717) is 41.9 Å². The van der Waals surface area contributed by atoms with E-state index in [1.165, 1.54) is 0 Å². The van der Waals surface area contributed by atoms with E-state index in [9.17, 15) is 4.79 Å². The molecule has 3 aromatic heterocycles. The molecule has 0 saturated carbocycles. The summed E-state index contributed by atoms with van der Waals surface area (Å²) < 4.78 is 7.25. The molecule has 9 heteroatoms. The van der Waals surface area contributed by atoms with E-state index in [1.54, 1.807) is 34.1 Å². The summed E-state index contributed by atoms with van der Waals surface area (Å²) in [6.07, 6.45) is 0.379. The molecule has 4 rings (SSSR count). The van der Waals surface area contributed by atoms with Crippen LogP contribution in [0.15, 0.2) is 53.9 Å². The van der Waals surface area contributed by atoms with Crippen LogP contribution in [0.2, 0.25) is 5.02 Å². The predicted octanol–water partition coefficient (Wildman–Crippen LogP) is 3.24. The average Bonchev–Trinajstić information content (AvgIpc) is 3.35. The van der Waals surface area contributed by atoms with Crippen LogP contribution >= 0.6 is 22.9 Å². The minimum atomic E-state index is -0.0331. The first kappa shape index (κ1) is 18.4. The van der Waals surface area contributed by atoms with Crippen LogP contribution in [-0.4, -0.2) is 38.9 Å². The predicted molar refractivity (Wildman–Crippen MR) is 108 cm³/mol. The standard InChI is InChI=1S/C19H16ClN5O2S/c20-15-6-2-1-5-14(15)19-23-22-16-7-8-18(24-25(16)19)27-10-9-21-17(26)12-13-4-3-11-28-13/h1-8,11H,9-10,12H2,(H,21,26). The van der Waals surface area contributed by atoms with E-state index in [1.807, 2.05) is 35.7 Å². The highest BCUT2D eigenvalue weighted by Gasteiger charge is 2.13. The van der Waals surface area contributed by atoms with E-state index in [4.69, 9.17) is 16.3 Å². The van der Waals surface area contributed by atoms with Crippen molar-refractivity contribution in [3.05, 3.63) is 63.8 Å². The fourth-order valence-corrected chi connectivity index (χ4v) is 3.56. The molecular formula is C19H16ClN5O2S. The quantitative estimate of drug-likeness (QED) is 0.470. The van der Waals surface area contributed by atoms with E-state index in [2.05, 4.69) is 20.6 Å². The van der Waals surface area contributed by atoms with Crippen LogP contribution in [-0.2, 0) is 11.2 Å². The van der Waals surface area contributed by atoms with Crippen molar-refractivity contribution in [2.24, 2.45) is 0 Å². The Morgan fingerprint density at radius 3 is 2.86 bits per heavy atom. The number of aromatic nitrogens is 4. The maximum absolute atomic E-state index is 11.9. The number of hydrogen-bond acceptors (Lipinski definition) is 6. The molecule has 0 aliphatic heterocycles. The van der Waals surface area contributed by atoms with Crippen molar-refractivity contribution in [3.8, 4) is 17.3 Å². The zero-order chi connectivity index (χ0) is 19.3. The van der Waals surface area contributed by atoms with Gasteiger partial charge in [0.15, 0.2) is 11.5 Å². The van der Waals surface area contributed by atoms with Gasteiger partial charge in [0.1, 0.15) is 6.61 Å². The molecule has 142 valence electrons. The molecule has 0 unspecified atom stereocenters. The van der Waals surface area contributed by atoms with Gasteiger partial charge in [-0.1, -0.05) is 29.8 Å². The Hall–Kier alpha value is -2.97. The van der Waals surface area contributed by atoms with Crippen molar-refractivity contribution < 1.29 is 9.53 Å². The number of rotatable bonds is 7. The lowest BCUT2D eigenvalue weighted by Gasteiger charge is -2.07. The van der Waals surface area contributed by atoms with Crippen LogP contribution in [0.1, 0.15) is 4.88 Å². The monoisotopic (exact) mass is 413 g/mol. The molecule has 0 bridgehead atoms. The number of nitrogens with one attached hydrogen (secondary N) is 1. The summed E-state index contributed by atoms with van der Waals surface area (Å²) in [6, 6.07) is 14.7. The van der Waals surface area contributed by atoms with Gasteiger partial charge in [-0.05, 0) is 29.6 Å². The Kier molecular flexibility index (Phi) is 5.50. The zero-order valence-corrected chi connectivity index (χ0v) is 16.3. The second kappa shape index (κ2) is 8.37. The fourth-order valence-electron chi connectivity index (χ4n) is 2.64. The fraction of sp³-hybridized carbons (Fsp3) is 0.158. The van der Waals surface area contributed by atoms with E-state index in [-0.39, 0.29) is 5.91 Å². The largest absolute Gasteiger partial charge is 0.475 e. The molecule has 0 radical (unpaired) electrons. The summed E-state index contributed by atoms with van der Waals surface area (Å²) in [4.78, 5) is 12.9. The number of carbonyl (C=O) groups excluding carboxylic acids is 1. The van der Waals surface area contributed by atoms with Gasteiger partial charge < -0.3 is 10.1 Å². The van der Waals surface area contributed by atoms with Gasteiger partial charge in [-0.3, -0.25) is 4.79 Å². The van der Waals surface area contributed by atoms with Crippen LogP contribution in [0.25, 0.3) is 17.0 Å². The molecule has 28 heavy (non-hydrogen) atoms. The number of carbonyl (C=O) groups is 1. The molecule has 1 N–H and O–H groups in total. The Morgan fingerprint density at radius 2 is 2.04 bits per heavy atom. The van der Waals surface area contributed by atoms with Crippen LogP contribution in [0.5, 0.6) is 5.88 Å². The van der Waals surface area contributed by atoms with Gasteiger partial charge in [-0.25, -0.2) is 0 Å². The second-order valence-corrected chi connectivity index (χ2v) is 7.34. The summed E-state index contributed by atoms with van der Waals surface area (Å²) >= 11 is 7.82. The number of nitrogens with zero attached hydrogens (tertiary/aromatic N) is 4. The number of benzene rings is 1. The third-order valence-corrected chi connectivity index (χ3v) is 5.15. The maximum atomic E-state index is 11.9. The minimum absolute atomic E-state index is 0.0331. The first-order valence-corrected chi connectivity index (χ1v) is 9.86. The van der Waals surface area contributed by atoms with Crippen molar-refractivity contribution in [2.75, 3.05) is 13.2 Å². The Bertz CT molecular complexity index is 1100. The van der Waals surface area contributed by atoms with Gasteiger partial charge in [-0.15, -0.1) is 26.6 Å². The maximum Gasteiger partial charge on any atom is 0.231 e. The number of hydrogen-bond donors (Lipinski definition) is 1. The first-order valence-electron chi connectivity index (χ1n) is 8.60. The molecule has 0 aliphatic rings. The van der Waals surface area contributed by atoms with Crippen LogP contribution in [0.4, 0.5) is 0 Å². The lowest BCUT2D eigenvalue weighted by molar-refractivity contribution is -0.120. The van der Waals surface area contributed by atoms with Gasteiger partial charge in [0.2, 0.25) is 11.8 Å². The highest BCUT2D eigenvalue weighted by Crippen LogP contribution is 2.26. The van der Waals surface area contributed by atoms with Gasteiger partial charge in [-0.2, -0.15) is 4.52 Å². The van der Waals surface area contributed by atoms with Gasteiger partial charge in [0, 0.05) is 16.5 Å². The molecule has 4 aromatic rings. The minimum Gasteiger partial charge on any atom is -0.475 e. The lowest BCUT2D eigenvalue weighted by atomic mass is 10.2. The van der Waals surface area contributed by atoms with Crippen molar-refractivity contribution >= 4 is 34.5 Å². The van der Waals surface area contributed by atoms with Gasteiger partial charge >= 0.3 is 0 Å². The number of amides is 1. The first-order chi connectivity index (χ1) is 13.7. The summed E-state index contributed by atoms with van der Waals surface area (Å²) in [6.45, 7) is 0.696. The summed E-state index contributed by atoms with van der Waals surface area (Å²) in [5, 5.41) is 18.1. The van der Waals surface area contributed by atoms with Crippen molar-refractivity contribution in [3.63, 3.8) is 0 Å². The third kappa shape index (κ3) is 4.13. The summed E-state index contributed by atoms with van der Waals surface area (Å²) in [5.41, 5.74) is 1.33. The topological polar surface area (TPSA) is 81.4 Å². The Labute approximate surface area is 169 Å². The number of fused-ring (bicyclic) bond motifs is 1. The highest BCUT2D eigenvalue weighted by molar-refractivity contribution is 7.10. The SMILES string of the molecule is O=C(Cc1cccs1)NCCOc1ccc2nnc(-c3ccccc3Cl)n2n1. The lowest BCUT2D eigenvalue weighted by Crippen LogP contribution is -2.29. The van der Waals surface area contributed by atoms with E-state index in [0.717, 1.165) is 10.4 Å². The third-order valence-electron chi connectivity index (χ3n) is 3.94. The molecule has 7 nitrogen and oxygen atoms in total. The molecule has 0 saturated heterocycles. The average molecular weight is 414 g/mol. The molecule has 0 atom stereocenters. The van der Waals surface area contributed by atoms with Crippen molar-refractivity contribution in [1.82, 2.24) is 25.1 Å². The van der Waals surface area contributed by atoms with Crippen molar-refractivity contribution in [1.29, 1.82) is 0 Å². The Morgan fingerprint density at radius 1 is 1.14 bits per heavy atom. The molecule has 3 heterocycles. The van der Waals surface area contributed by atoms with E-state index < -0.39 is 0 Å². The Balaban J connectivity index is 1.39. The van der Waals surface area contributed by atoms with Gasteiger partial charge in [0.05, 0.1) is 18.0 Å². The zero-order valence-electron chi connectivity index (χ0n) is 14.7. The smallest absolute Gasteiger partial charge is 0.231 e. The molecule has 1 amide bonds.